The van der Waals surface area contributed by atoms with Gasteiger partial charge in [-0.05, 0) is 38.5 Å². The molecule has 0 radical (unpaired) electrons. The highest BCUT2D eigenvalue weighted by atomic mass is 16.3. The lowest BCUT2D eigenvalue weighted by molar-refractivity contribution is -0.116. The van der Waals surface area contributed by atoms with Crippen molar-refractivity contribution in [3.8, 4) is 0 Å². The van der Waals surface area contributed by atoms with E-state index in [2.05, 4.69) is 0 Å². The smallest absolute Gasteiger partial charge is 0.162 e. The first kappa shape index (κ1) is 11.2. The van der Waals surface area contributed by atoms with Crippen LogP contribution in [0.5, 0.6) is 0 Å². The minimum Gasteiger partial charge on any atom is -0.512 e. The van der Waals surface area contributed by atoms with Crippen LogP contribution in [0.4, 0.5) is 0 Å². The van der Waals surface area contributed by atoms with Crippen molar-refractivity contribution in [3.05, 3.63) is 22.7 Å². The normalized spacial score (nSPS) is 25.9. The third-order valence-corrected chi connectivity index (χ3v) is 3.43. The first-order valence-electron chi connectivity index (χ1n) is 6.07. The van der Waals surface area contributed by atoms with Gasteiger partial charge in [-0.15, -0.1) is 0 Å². The minimum absolute atomic E-state index is 0.0506. The summed E-state index contributed by atoms with van der Waals surface area (Å²) in [5, 5.41) is 19.8. The maximum atomic E-state index is 11.7. The Morgan fingerprint density at radius 1 is 0.938 bits per heavy atom. The predicted octanol–water partition coefficient (Wildman–Crippen LogP) is 3.33. The first-order chi connectivity index (χ1) is 7.70. The molecule has 0 bridgehead atoms. The number of aliphatic hydroxyl groups is 2. The molecule has 0 aromatic carbocycles. The van der Waals surface area contributed by atoms with Crippen LogP contribution in [-0.2, 0) is 4.79 Å². The fourth-order valence-corrected chi connectivity index (χ4v) is 2.45. The highest BCUT2D eigenvalue weighted by Gasteiger charge is 2.24. The summed E-state index contributed by atoms with van der Waals surface area (Å²) in [6.45, 7) is 0. The second-order valence-corrected chi connectivity index (χ2v) is 4.59. The van der Waals surface area contributed by atoms with Crippen LogP contribution in [0.1, 0.15) is 51.4 Å². The molecular weight excluding hydrogens is 204 g/mol. The lowest BCUT2D eigenvalue weighted by Crippen LogP contribution is -2.13. The molecule has 0 spiro atoms. The molecular formula is C13H18O3. The Morgan fingerprint density at radius 3 is 2.25 bits per heavy atom. The second-order valence-electron chi connectivity index (χ2n) is 4.59. The van der Waals surface area contributed by atoms with Gasteiger partial charge >= 0.3 is 0 Å². The van der Waals surface area contributed by atoms with Gasteiger partial charge in [0.25, 0.3) is 0 Å². The summed E-state index contributed by atoms with van der Waals surface area (Å²) in [7, 11) is 0. The number of rotatable bonds is 1. The summed E-state index contributed by atoms with van der Waals surface area (Å²) in [5.41, 5.74) is 1.14. The zero-order valence-corrected chi connectivity index (χ0v) is 9.46. The Labute approximate surface area is 95.5 Å². The summed E-state index contributed by atoms with van der Waals surface area (Å²) in [4.78, 5) is 11.7. The van der Waals surface area contributed by atoms with Crippen molar-refractivity contribution >= 4 is 5.78 Å². The van der Waals surface area contributed by atoms with E-state index in [0.717, 1.165) is 25.7 Å². The number of ketones is 1. The van der Waals surface area contributed by atoms with Crippen LogP contribution < -0.4 is 0 Å². The predicted molar refractivity (Wildman–Crippen MR) is 61.3 cm³/mol. The topological polar surface area (TPSA) is 57.5 Å². The molecule has 0 saturated heterocycles. The number of carbonyl (C=O) groups excluding carboxylic acids is 1. The van der Waals surface area contributed by atoms with Gasteiger partial charge in [0.2, 0.25) is 0 Å². The lowest BCUT2D eigenvalue weighted by atomic mass is 9.88. The fourth-order valence-electron chi connectivity index (χ4n) is 2.45. The molecule has 0 aliphatic heterocycles. The largest absolute Gasteiger partial charge is 0.512 e. The van der Waals surface area contributed by atoms with Gasteiger partial charge in [-0.1, -0.05) is 0 Å². The average molecular weight is 222 g/mol. The van der Waals surface area contributed by atoms with Crippen LogP contribution >= 0.6 is 0 Å². The highest BCUT2D eigenvalue weighted by molar-refractivity contribution is 5.97. The van der Waals surface area contributed by atoms with E-state index in [4.69, 9.17) is 0 Å². The number of hydrogen-bond donors (Lipinski definition) is 2. The molecule has 2 aliphatic carbocycles. The first-order valence-corrected chi connectivity index (χ1v) is 6.07. The van der Waals surface area contributed by atoms with E-state index in [0.29, 0.717) is 36.8 Å². The molecule has 0 aromatic heterocycles. The minimum atomic E-state index is 0.0506. The van der Waals surface area contributed by atoms with Gasteiger partial charge in [0, 0.05) is 24.0 Å². The van der Waals surface area contributed by atoms with E-state index < -0.39 is 0 Å². The monoisotopic (exact) mass is 222 g/mol. The average Bonchev–Trinajstić information content (AvgIpc) is 2.29. The molecule has 2 rings (SSSR count). The molecule has 88 valence electrons. The quantitative estimate of drug-likeness (QED) is 0.528. The summed E-state index contributed by atoms with van der Waals surface area (Å²) in [5.74, 6) is 0.395. The molecule has 3 nitrogen and oxygen atoms in total. The van der Waals surface area contributed by atoms with Crippen LogP contribution in [0.3, 0.4) is 0 Å². The van der Waals surface area contributed by atoms with E-state index in [1.54, 1.807) is 0 Å². The summed E-state index contributed by atoms with van der Waals surface area (Å²) >= 11 is 0. The Hall–Kier alpha value is -1.25. The SMILES string of the molecule is O=C1CCCCC1=C(O)C1=C(O)CCCC1. The van der Waals surface area contributed by atoms with Crippen molar-refractivity contribution in [2.24, 2.45) is 0 Å². The van der Waals surface area contributed by atoms with Crippen molar-refractivity contribution in [2.75, 3.05) is 0 Å². The molecule has 0 amide bonds. The van der Waals surface area contributed by atoms with Crippen LogP contribution in [0.15, 0.2) is 22.7 Å². The van der Waals surface area contributed by atoms with Gasteiger partial charge in [-0.25, -0.2) is 0 Å². The van der Waals surface area contributed by atoms with Gasteiger partial charge < -0.3 is 10.2 Å². The van der Waals surface area contributed by atoms with E-state index in [-0.39, 0.29) is 17.3 Å². The standard InChI is InChI=1S/C13H18O3/c14-11-7-3-1-5-9(11)13(16)10-6-2-4-8-12(10)15/h14,16H,1-8H2. The van der Waals surface area contributed by atoms with Gasteiger partial charge in [-0.2, -0.15) is 0 Å². The van der Waals surface area contributed by atoms with Crippen LogP contribution in [0.25, 0.3) is 0 Å². The van der Waals surface area contributed by atoms with Gasteiger partial charge in [0.15, 0.2) is 5.78 Å². The van der Waals surface area contributed by atoms with Crippen molar-refractivity contribution in [2.45, 2.75) is 51.4 Å². The number of carbonyl (C=O) groups is 1. The summed E-state index contributed by atoms with van der Waals surface area (Å²) in [6.07, 6.45) is 6.32. The third-order valence-electron chi connectivity index (χ3n) is 3.43. The van der Waals surface area contributed by atoms with Gasteiger partial charge in [0.05, 0.1) is 5.76 Å². The van der Waals surface area contributed by atoms with Crippen LogP contribution in [-0.4, -0.2) is 16.0 Å². The molecule has 2 aliphatic rings. The molecule has 1 saturated carbocycles. The number of aliphatic hydroxyl groups excluding tert-OH is 2. The molecule has 0 aromatic rings. The lowest BCUT2D eigenvalue weighted by Gasteiger charge is -2.20. The molecule has 16 heavy (non-hydrogen) atoms. The van der Waals surface area contributed by atoms with Crippen LogP contribution in [0, 0.1) is 0 Å². The third kappa shape index (κ3) is 2.13. The zero-order chi connectivity index (χ0) is 11.5. The number of hydrogen-bond acceptors (Lipinski definition) is 3. The molecule has 2 N–H and O–H groups in total. The van der Waals surface area contributed by atoms with Gasteiger partial charge in [0.1, 0.15) is 5.76 Å². The fraction of sp³-hybridized carbons (Fsp3) is 0.615. The summed E-state index contributed by atoms with van der Waals surface area (Å²) < 4.78 is 0. The molecule has 0 heterocycles. The van der Waals surface area contributed by atoms with Crippen molar-refractivity contribution < 1.29 is 15.0 Å². The Morgan fingerprint density at radius 2 is 1.56 bits per heavy atom. The Balaban J connectivity index is 2.31. The van der Waals surface area contributed by atoms with E-state index in [9.17, 15) is 15.0 Å². The van der Waals surface area contributed by atoms with E-state index in [1.807, 2.05) is 0 Å². The van der Waals surface area contributed by atoms with Crippen molar-refractivity contribution in [1.29, 1.82) is 0 Å². The van der Waals surface area contributed by atoms with Crippen molar-refractivity contribution in [1.82, 2.24) is 0 Å². The molecule has 3 heteroatoms. The molecule has 0 atom stereocenters. The number of Topliss-reactive ketones (excluding diaryl/α,β-unsaturated/α-hetero) is 1. The number of allylic oxidation sites excluding steroid dienone is 3. The van der Waals surface area contributed by atoms with E-state index in [1.165, 1.54) is 0 Å². The Kier molecular flexibility index (Phi) is 3.32. The van der Waals surface area contributed by atoms with E-state index >= 15 is 0 Å². The zero-order valence-electron chi connectivity index (χ0n) is 9.46. The molecule has 0 unspecified atom stereocenters. The highest BCUT2D eigenvalue weighted by Crippen LogP contribution is 2.32. The second kappa shape index (κ2) is 4.73. The Bertz CT molecular complexity index is 363. The summed E-state index contributed by atoms with van der Waals surface area (Å²) in [6, 6.07) is 0. The maximum Gasteiger partial charge on any atom is 0.162 e. The molecule has 1 fully saturated rings. The van der Waals surface area contributed by atoms with Gasteiger partial charge in [-0.3, -0.25) is 4.79 Å². The maximum absolute atomic E-state index is 11.7. The van der Waals surface area contributed by atoms with Crippen molar-refractivity contribution in [3.63, 3.8) is 0 Å². The van der Waals surface area contributed by atoms with Crippen LogP contribution in [0.2, 0.25) is 0 Å².